The summed E-state index contributed by atoms with van der Waals surface area (Å²) in [5, 5.41) is 7.22. The number of carbonyl (C=O) groups excluding carboxylic acids is 1. The average Bonchev–Trinajstić information content (AvgIpc) is 3.48. The summed E-state index contributed by atoms with van der Waals surface area (Å²) in [5.41, 5.74) is 4.14. The number of hydrogen-bond donors (Lipinski definition) is 2. The number of pyridine rings is 1. The molecule has 0 unspecified atom stereocenters. The number of nitrogens with one attached hydrogen (secondary N) is 2. The van der Waals surface area contributed by atoms with Gasteiger partial charge in [0.05, 0.1) is 17.8 Å². The molecule has 3 aromatic rings. The van der Waals surface area contributed by atoms with E-state index < -0.39 is 0 Å². The zero-order valence-electron chi connectivity index (χ0n) is 20.2. The van der Waals surface area contributed by atoms with Crippen molar-refractivity contribution in [3.63, 3.8) is 0 Å². The van der Waals surface area contributed by atoms with Gasteiger partial charge in [0.1, 0.15) is 0 Å². The molecule has 2 fully saturated rings. The molecule has 3 heterocycles. The van der Waals surface area contributed by atoms with Crippen LogP contribution in [0.25, 0.3) is 0 Å². The number of aromatic nitrogens is 2. The average molecular weight is 488 g/mol. The second kappa shape index (κ2) is 10.6. The first-order valence-electron chi connectivity index (χ1n) is 12.6. The molecule has 0 spiro atoms. The lowest BCUT2D eigenvalue weighted by Crippen LogP contribution is -2.33. The maximum absolute atomic E-state index is 12.8. The highest BCUT2D eigenvalue weighted by Crippen LogP contribution is 2.41. The van der Waals surface area contributed by atoms with E-state index in [2.05, 4.69) is 49.5 Å². The van der Waals surface area contributed by atoms with Gasteiger partial charge in [-0.15, -0.1) is 0 Å². The van der Waals surface area contributed by atoms with Gasteiger partial charge in [-0.2, -0.15) is 0 Å². The van der Waals surface area contributed by atoms with Gasteiger partial charge in [0.15, 0.2) is 5.11 Å². The Kier molecular flexibility index (Phi) is 7.13. The normalized spacial score (nSPS) is 20.6. The monoisotopic (exact) mass is 487 g/mol. The fraction of sp³-hybridized carbons (Fsp3) is 0.393. The molecule has 5 rings (SSSR count). The Bertz CT molecular complexity index is 1170. The minimum atomic E-state index is -0.0687. The minimum absolute atomic E-state index is 0.0129. The lowest BCUT2D eigenvalue weighted by atomic mass is 9.94. The lowest BCUT2D eigenvalue weighted by Gasteiger charge is -2.32. The molecule has 1 saturated heterocycles. The van der Waals surface area contributed by atoms with Crippen LogP contribution in [0, 0.1) is 6.92 Å². The second-order valence-corrected chi connectivity index (χ2v) is 10.0. The fourth-order valence-electron chi connectivity index (χ4n) is 5.49. The molecule has 35 heavy (non-hydrogen) atoms. The third-order valence-corrected chi connectivity index (χ3v) is 7.51. The van der Waals surface area contributed by atoms with Crippen molar-refractivity contribution in [1.29, 1.82) is 0 Å². The van der Waals surface area contributed by atoms with Crippen LogP contribution in [-0.4, -0.2) is 32.0 Å². The van der Waals surface area contributed by atoms with Gasteiger partial charge in [-0.05, 0) is 73.9 Å². The van der Waals surface area contributed by atoms with E-state index in [-0.39, 0.29) is 18.0 Å². The zero-order valence-corrected chi connectivity index (χ0v) is 21.0. The van der Waals surface area contributed by atoms with Crippen LogP contribution in [0.2, 0.25) is 0 Å². The lowest BCUT2D eigenvalue weighted by molar-refractivity contribution is -0.116. The highest BCUT2D eigenvalue weighted by atomic mass is 32.1. The quantitative estimate of drug-likeness (QED) is 0.419. The Hall–Kier alpha value is -3.19. The number of amides is 1. The summed E-state index contributed by atoms with van der Waals surface area (Å²) in [6, 6.07) is 18.7. The number of nitrogens with zero attached hydrogens (tertiary/aromatic N) is 3. The second-order valence-electron chi connectivity index (χ2n) is 9.62. The topological polar surface area (TPSA) is 62.2 Å². The summed E-state index contributed by atoms with van der Waals surface area (Å²) < 4.78 is 2.45. The van der Waals surface area contributed by atoms with E-state index in [0.29, 0.717) is 24.1 Å². The Morgan fingerprint density at radius 1 is 1.11 bits per heavy atom. The van der Waals surface area contributed by atoms with Gasteiger partial charge in [-0.25, -0.2) is 0 Å². The molecule has 2 aliphatic rings. The van der Waals surface area contributed by atoms with Crippen molar-refractivity contribution in [2.24, 2.45) is 0 Å². The molecule has 1 aliphatic carbocycles. The molecule has 182 valence electrons. The van der Waals surface area contributed by atoms with Gasteiger partial charge in [0.25, 0.3) is 0 Å². The molecular weight excluding hydrogens is 454 g/mol. The summed E-state index contributed by atoms with van der Waals surface area (Å²) in [6.07, 6.45) is 10.7. The van der Waals surface area contributed by atoms with E-state index in [1.54, 1.807) is 0 Å². The minimum Gasteiger partial charge on any atom is -0.352 e. The molecule has 1 amide bonds. The molecule has 2 atom stereocenters. The Morgan fingerprint density at radius 3 is 2.74 bits per heavy atom. The number of thiocarbonyl (C=S) groups is 1. The first-order chi connectivity index (χ1) is 17.1. The smallest absolute Gasteiger partial charge is 0.226 e. The Balaban J connectivity index is 1.39. The summed E-state index contributed by atoms with van der Waals surface area (Å²) in [5.74, 6) is -0.0129. The summed E-state index contributed by atoms with van der Waals surface area (Å²) in [7, 11) is 0. The number of hydrogen-bond acceptors (Lipinski definition) is 3. The van der Waals surface area contributed by atoms with Crippen LogP contribution in [0.4, 0.5) is 5.69 Å². The van der Waals surface area contributed by atoms with Crippen molar-refractivity contribution >= 4 is 28.9 Å². The maximum Gasteiger partial charge on any atom is 0.226 e. The van der Waals surface area contributed by atoms with Crippen molar-refractivity contribution in [2.45, 2.75) is 63.6 Å². The van der Waals surface area contributed by atoms with Gasteiger partial charge >= 0.3 is 0 Å². The SMILES string of the molecule is Cc1cccc(NC(=O)CCN2C(=S)N[C@H](c3ccccn3)[C@@H]2c2cccn2C2CCCCC2)c1. The predicted octanol–water partition coefficient (Wildman–Crippen LogP) is 5.70. The van der Waals surface area contributed by atoms with Crippen LogP contribution in [0.1, 0.15) is 73.6 Å². The summed E-state index contributed by atoms with van der Waals surface area (Å²) >= 11 is 5.81. The van der Waals surface area contributed by atoms with E-state index in [4.69, 9.17) is 12.2 Å². The fourth-order valence-corrected chi connectivity index (χ4v) is 5.82. The third-order valence-electron chi connectivity index (χ3n) is 7.16. The van der Waals surface area contributed by atoms with Gasteiger partial charge in [-0.3, -0.25) is 9.78 Å². The van der Waals surface area contributed by atoms with Gasteiger partial charge in [0.2, 0.25) is 5.91 Å². The van der Waals surface area contributed by atoms with Crippen molar-refractivity contribution in [3.8, 4) is 0 Å². The number of anilines is 1. The van der Waals surface area contributed by atoms with Crippen molar-refractivity contribution < 1.29 is 4.79 Å². The van der Waals surface area contributed by atoms with Crippen LogP contribution >= 0.6 is 12.2 Å². The first-order valence-corrected chi connectivity index (χ1v) is 13.0. The van der Waals surface area contributed by atoms with Gasteiger partial charge in [-0.1, -0.05) is 37.5 Å². The molecule has 1 aromatic carbocycles. The number of carbonyl (C=O) groups is 1. The molecule has 0 bridgehead atoms. The van der Waals surface area contributed by atoms with E-state index >= 15 is 0 Å². The Labute approximate surface area is 212 Å². The largest absolute Gasteiger partial charge is 0.352 e. The van der Waals surface area contributed by atoms with Crippen LogP contribution < -0.4 is 10.6 Å². The van der Waals surface area contributed by atoms with Gasteiger partial charge in [0, 0.05) is 42.8 Å². The first kappa shape index (κ1) is 23.5. The van der Waals surface area contributed by atoms with Gasteiger partial charge < -0.3 is 20.1 Å². The molecule has 0 radical (unpaired) electrons. The molecule has 1 aliphatic heterocycles. The predicted molar refractivity (Wildman–Crippen MR) is 143 cm³/mol. The molecule has 1 saturated carbocycles. The highest BCUT2D eigenvalue weighted by Gasteiger charge is 2.41. The van der Waals surface area contributed by atoms with Crippen molar-refractivity contribution in [2.75, 3.05) is 11.9 Å². The summed E-state index contributed by atoms with van der Waals surface area (Å²) in [4.78, 5) is 19.7. The maximum atomic E-state index is 12.8. The van der Waals surface area contributed by atoms with Crippen LogP contribution in [-0.2, 0) is 4.79 Å². The third kappa shape index (κ3) is 5.25. The van der Waals surface area contributed by atoms with E-state index in [9.17, 15) is 4.79 Å². The van der Waals surface area contributed by atoms with E-state index in [0.717, 1.165) is 16.9 Å². The molecule has 7 heteroatoms. The van der Waals surface area contributed by atoms with Crippen LogP contribution in [0.15, 0.2) is 67.0 Å². The highest BCUT2D eigenvalue weighted by molar-refractivity contribution is 7.80. The van der Waals surface area contributed by atoms with Crippen molar-refractivity contribution in [3.05, 3.63) is 83.9 Å². The number of aryl methyl sites for hydroxylation is 1. The number of rotatable bonds is 7. The molecular formula is C28H33N5OS. The Morgan fingerprint density at radius 2 is 1.97 bits per heavy atom. The van der Waals surface area contributed by atoms with E-state index in [1.807, 2.05) is 49.5 Å². The number of benzene rings is 1. The molecule has 2 aromatic heterocycles. The molecule has 6 nitrogen and oxygen atoms in total. The van der Waals surface area contributed by atoms with Crippen molar-refractivity contribution in [1.82, 2.24) is 19.8 Å². The van der Waals surface area contributed by atoms with E-state index in [1.165, 1.54) is 37.8 Å². The zero-order chi connectivity index (χ0) is 24.2. The summed E-state index contributed by atoms with van der Waals surface area (Å²) in [6.45, 7) is 2.56. The van der Waals surface area contributed by atoms with Crippen LogP contribution in [0.3, 0.4) is 0 Å². The standard InChI is InChI=1S/C28H33N5OS/c1-20-9-7-10-21(19-20)30-25(34)15-18-33-27(26(31-28(33)35)23-13-5-6-16-29-23)24-14-8-17-32(24)22-11-3-2-4-12-22/h5-10,13-14,16-17,19,22,26-27H,2-4,11-12,15,18H2,1H3,(H,30,34)(H,31,35)/t26-,27+/m1/s1. The van der Waals surface area contributed by atoms with Crippen LogP contribution in [0.5, 0.6) is 0 Å². The molecule has 2 N–H and O–H groups in total.